The van der Waals surface area contributed by atoms with E-state index in [9.17, 15) is 0 Å². The van der Waals surface area contributed by atoms with Crippen molar-refractivity contribution in [3.63, 3.8) is 0 Å². The molecule has 6 nitrogen and oxygen atoms in total. The largest absolute Gasteiger partial charge is 0.354 e. The van der Waals surface area contributed by atoms with Gasteiger partial charge in [-0.15, -0.1) is 0 Å². The molecule has 23 heavy (non-hydrogen) atoms. The molecule has 0 radical (unpaired) electrons. The minimum Gasteiger partial charge on any atom is -0.354 e. The molecule has 1 fully saturated rings. The molecular weight excluding hydrogens is 308 g/mol. The first-order valence-electron chi connectivity index (χ1n) is 7.90. The molecular formula is C16H19N6S+. The lowest BCUT2D eigenvalue weighted by molar-refractivity contribution is -0.698. The van der Waals surface area contributed by atoms with Crippen molar-refractivity contribution in [2.75, 3.05) is 5.73 Å². The number of anilines is 1. The average molecular weight is 327 g/mol. The second-order valence-electron chi connectivity index (χ2n) is 5.81. The van der Waals surface area contributed by atoms with Crippen molar-refractivity contribution in [1.29, 1.82) is 0 Å². The van der Waals surface area contributed by atoms with Crippen molar-refractivity contribution >= 4 is 28.9 Å². The Morgan fingerprint density at radius 2 is 2.13 bits per heavy atom. The van der Waals surface area contributed by atoms with E-state index in [2.05, 4.69) is 24.5 Å². The van der Waals surface area contributed by atoms with E-state index in [4.69, 9.17) is 5.73 Å². The summed E-state index contributed by atoms with van der Waals surface area (Å²) in [5.74, 6) is 1.09. The van der Waals surface area contributed by atoms with Gasteiger partial charge in [-0.25, -0.2) is 4.57 Å². The minimum atomic E-state index is 0.326. The lowest BCUT2D eigenvalue weighted by Gasteiger charge is -2.06. The Hall–Kier alpha value is -2.15. The Morgan fingerprint density at radius 3 is 2.91 bits per heavy atom. The highest BCUT2D eigenvalue weighted by molar-refractivity contribution is 7.98. The zero-order valence-electron chi connectivity index (χ0n) is 12.8. The van der Waals surface area contributed by atoms with Crippen molar-refractivity contribution in [1.82, 2.24) is 19.9 Å². The van der Waals surface area contributed by atoms with E-state index in [1.807, 2.05) is 30.7 Å². The molecule has 3 aromatic rings. The maximum atomic E-state index is 5.94. The Morgan fingerprint density at radius 1 is 1.26 bits per heavy atom. The first-order valence-corrected chi connectivity index (χ1v) is 8.88. The van der Waals surface area contributed by atoms with Gasteiger partial charge in [0.1, 0.15) is 5.03 Å². The predicted octanol–water partition coefficient (Wildman–Crippen LogP) is 2.63. The van der Waals surface area contributed by atoms with Crippen molar-refractivity contribution in [2.24, 2.45) is 0 Å². The normalized spacial score (nSPS) is 15.5. The molecule has 0 spiro atoms. The molecule has 0 saturated heterocycles. The number of thioether (sulfide) groups is 1. The second kappa shape index (κ2) is 6.16. The monoisotopic (exact) mass is 327 g/mol. The summed E-state index contributed by atoms with van der Waals surface area (Å²) in [5.41, 5.74) is 8.84. The van der Waals surface area contributed by atoms with Crippen LogP contribution >= 0.6 is 11.8 Å². The number of imidazole rings is 1. The van der Waals surface area contributed by atoms with Crippen LogP contribution in [0.15, 0.2) is 35.7 Å². The Labute approximate surface area is 138 Å². The number of nitrogens with two attached hydrogens (primary N) is 1. The molecule has 3 aromatic heterocycles. The average Bonchev–Trinajstić information content (AvgIpc) is 3.22. The molecule has 1 aliphatic rings. The van der Waals surface area contributed by atoms with E-state index in [0.717, 1.165) is 27.6 Å². The Kier molecular flexibility index (Phi) is 3.87. The number of aromatic amines is 1. The third-order valence-electron chi connectivity index (χ3n) is 4.27. The van der Waals surface area contributed by atoms with Crippen LogP contribution in [0.2, 0.25) is 0 Å². The molecule has 0 aromatic carbocycles. The summed E-state index contributed by atoms with van der Waals surface area (Å²) in [6, 6.07) is 6.45. The zero-order valence-corrected chi connectivity index (χ0v) is 13.6. The van der Waals surface area contributed by atoms with E-state index < -0.39 is 0 Å². The number of rotatable bonds is 4. The fourth-order valence-corrected chi connectivity index (χ4v) is 4.05. The topological polar surface area (TPSA) is 84.4 Å². The lowest BCUT2D eigenvalue weighted by Crippen LogP contribution is -2.37. The summed E-state index contributed by atoms with van der Waals surface area (Å²) in [5, 5.41) is 0.884. The number of fused-ring (bicyclic) bond motifs is 1. The number of aromatic nitrogens is 5. The Bertz CT molecular complexity index is 810. The van der Waals surface area contributed by atoms with Gasteiger partial charge in [0, 0.05) is 11.9 Å². The summed E-state index contributed by atoms with van der Waals surface area (Å²) < 4.78 is 2.23. The highest BCUT2D eigenvalue weighted by Crippen LogP contribution is 2.29. The van der Waals surface area contributed by atoms with Gasteiger partial charge < -0.3 is 5.73 Å². The molecule has 1 aliphatic carbocycles. The number of hydrogen-bond acceptors (Lipinski definition) is 5. The SMILES string of the molecule is Nc1nc(SCc2ccccn2)c2[nH]c[n+](C3CCCC3)c2n1. The summed E-state index contributed by atoms with van der Waals surface area (Å²) in [7, 11) is 0. The molecule has 0 bridgehead atoms. The van der Waals surface area contributed by atoms with Crippen molar-refractivity contribution in [2.45, 2.75) is 42.5 Å². The van der Waals surface area contributed by atoms with Crippen LogP contribution in [0.1, 0.15) is 37.4 Å². The molecule has 7 heteroatoms. The highest BCUT2D eigenvalue weighted by Gasteiger charge is 2.26. The van der Waals surface area contributed by atoms with Crippen LogP contribution in [0, 0.1) is 0 Å². The molecule has 0 atom stereocenters. The first kappa shape index (κ1) is 14.4. The summed E-state index contributed by atoms with van der Waals surface area (Å²) in [6.07, 6.45) is 8.80. The number of nitrogen functional groups attached to an aromatic ring is 1. The summed E-state index contributed by atoms with van der Waals surface area (Å²) >= 11 is 1.63. The third kappa shape index (κ3) is 2.88. The molecule has 0 unspecified atom stereocenters. The number of pyridine rings is 1. The smallest absolute Gasteiger partial charge is 0.308 e. The van der Waals surface area contributed by atoms with Gasteiger partial charge in [0.15, 0.2) is 6.33 Å². The van der Waals surface area contributed by atoms with Gasteiger partial charge in [0.05, 0.1) is 11.7 Å². The van der Waals surface area contributed by atoms with E-state index >= 15 is 0 Å². The van der Waals surface area contributed by atoms with Crippen molar-refractivity contribution in [3.8, 4) is 0 Å². The second-order valence-corrected chi connectivity index (χ2v) is 6.78. The molecule has 3 heterocycles. The fourth-order valence-electron chi connectivity index (χ4n) is 3.14. The van der Waals surface area contributed by atoms with Gasteiger partial charge in [0.25, 0.3) is 5.95 Å². The maximum Gasteiger partial charge on any atom is 0.308 e. The van der Waals surface area contributed by atoms with E-state index in [1.165, 1.54) is 25.7 Å². The molecule has 3 N–H and O–H groups in total. The number of nitrogens with one attached hydrogen (secondary N) is 1. The highest BCUT2D eigenvalue weighted by atomic mass is 32.2. The number of nitrogens with zero attached hydrogens (tertiary/aromatic N) is 4. The number of hydrogen-bond donors (Lipinski definition) is 2. The van der Waals surface area contributed by atoms with Crippen LogP contribution in [0.25, 0.3) is 11.2 Å². The molecule has 0 amide bonds. The Balaban J connectivity index is 1.66. The van der Waals surface area contributed by atoms with Gasteiger partial charge in [-0.3, -0.25) is 9.97 Å². The van der Waals surface area contributed by atoms with Gasteiger partial charge in [-0.05, 0) is 37.8 Å². The van der Waals surface area contributed by atoms with E-state index in [1.54, 1.807) is 11.8 Å². The van der Waals surface area contributed by atoms with Gasteiger partial charge in [-0.2, -0.15) is 4.98 Å². The fraction of sp³-hybridized carbons (Fsp3) is 0.375. The van der Waals surface area contributed by atoms with Gasteiger partial charge in [-0.1, -0.05) is 22.8 Å². The molecule has 1 saturated carbocycles. The van der Waals surface area contributed by atoms with Gasteiger partial charge >= 0.3 is 5.65 Å². The van der Waals surface area contributed by atoms with Crippen LogP contribution in [-0.4, -0.2) is 19.9 Å². The third-order valence-corrected chi connectivity index (χ3v) is 5.28. The van der Waals surface area contributed by atoms with Crippen LogP contribution < -0.4 is 10.3 Å². The van der Waals surface area contributed by atoms with E-state index in [-0.39, 0.29) is 0 Å². The standard InChI is InChI=1S/C16H18N6S/c17-16-20-14-13(19-10-22(14)12-6-1-2-7-12)15(21-16)23-9-11-5-3-4-8-18-11/h3-5,8,10,12H,1-2,6-7,9H2,(H2,17,20,21)/p+1. The molecule has 4 rings (SSSR count). The zero-order chi connectivity index (χ0) is 15.6. The van der Waals surface area contributed by atoms with E-state index in [0.29, 0.717) is 12.0 Å². The van der Waals surface area contributed by atoms with Crippen LogP contribution in [0.3, 0.4) is 0 Å². The summed E-state index contributed by atoms with van der Waals surface area (Å²) in [6.45, 7) is 0. The minimum absolute atomic E-state index is 0.326. The molecule has 0 aliphatic heterocycles. The maximum absolute atomic E-state index is 5.94. The predicted molar refractivity (Wildman–Crippen MR) is 89.8 cm³/mol. The lowest BCUT2D eigenvalue weighted by atomic mass is 10.2. The van der Waals surface area contributed by atoms with Crippen LogP contribution in [0.5, 0.6) is 0 Å². The summed E-state index contributed by atoms with van der Waals surface area (Å²) in [4.78, 5) is 16.6. The van der Waals surface area contributed by atoms with Crippen LogP contribution in [-0.2, 0) is 5.75 Å². The van der Waals surface area contributed by atoms with Gasteiger partial charge in [0.2, 0.25) is 5.52 Å². The molecule has 118 valence electrons. The van der Waals surface area contributed by atoms with Crippen LogP contribution in [0.4, 0.5) is 5.95 Å². The van der Waals surface area contributed by atoms with Crippen molar-refractivity contribution < 1.29 is 4.57 Å². The first-order chi connectivity index (χ1) is 11.3. The number of H-pyrrole nitrogens is 1. The van der Waals surface area contributed by atoms with Crippen molar-refractivity contribution in [3.05, 3.63) is 36.4 Å². The quantitative estimate of drug-likeness (QED) is 0.437.